The maximum Gasteiger partial charge on any atom is 0.433 e. The Balaban J connectivity index is 1.99. The molecule has 7 nitrogen and oxygen atoms in total. The molecule has 0 aliphatic heterocycles. The molecule has 18 heavy (non-hydrogen) atoms. The fourth-order valence-electron chi connectivity index (χ4n) is 1.26. The molecule has 1 aromatic heterocycles. The van der Waals surface area contributed by atoms with Crippen molar-refractivity contribution in [2.75, 3.05) is 0 Å². The standard InChI is InChI=1S/C11H9N3O4/c15-11(8-3-1-2-4-8)13-12-7-9-5-6-10(18-9)14(16)17/h1-7,13,15H/b12-7+. The van der Waals surface area contributed by atoms with E-state index in [1.165, 1.54) is 18.3 Å². The number of hydrazone groups is 1. The van der Waals surface area contributed by atoms with E-state index in [-0.39, 0.29) is 17.5 Å². The second-order valence-electron chi connectivity index (χ2n) is 3.33. The largest absolute Gasteiger partial charge is 0.493 e. The Morgan fingerprint density at radius 3 is 2.78 bits per heavy atom. The van der Waals surface area contributed by atoms with Gasteiger partial charge in [-0.05, 0) is 18.2 Å². The van der Waals surface area contributed by atoms with Gasteiger partial charge in [-0.1, -0.05) is 12.2 Å². The van der Waals surface area contributed by atoms with E-state index >= 15 is 0 Å². The van der Waals surface area contributed by atoms with Gasteiger partial charge >= 0.3 is 5.88 Å². The summed E-state index contributed by atoms with van der Waals surface area (Å²) >= 11 is 0. The quantitative estimate of drug-likeness (QED) is 0.367. The van der Waals surface area contributed by atoms with Crippen LogP contribution in [0.2, 0.25) is 0 Å². The Labute approximate surface area is 102 Å². The van der Waals surface area contributed by atoms with E-state index in [1.807, 2.05) is 0 Å². The van der Waals surface area contributed by atoms with E-state index in [0.717, 1.165) is 0 Å². The van der Waals surface area contributed by atoms with Crippen LogP contribution in [0.15, 0.2) is 57.4 Å². The third-order valence-corrected chi connectivity index (χ3v) is 2.09. The average molecular weight is 247 g/mol. The number of nitro groups is 1. The van der Waals surface area contributed by atoms with Gasteiger partial charge in [-0.2, -0.15) is 5.10 Å². The van der Waals surface area contributed by atoms with Gasteiger partial charge < -0.3 is 9.52 Å². The fourth-order valence-corrected chi connectivity index (χ4v) is 1.26. The molecule has 7 heteroatoms. The zero-order valence-corrected chi connectivity index (χ0v) is 9.11. The highest BCUT2D eigenvalue weighted by molar-refractivity contribution is 5.76. The first kappa shape index (κ1) is 11.6. The first-order valence-electron chi connectivity index (χ1n) is 4.98. The molecule has 0 saturated heterocycles. The molecular formula is C11H9N3O4. The maximum atomic E-state index is 10.4. The molecule has 0 saturated carbocycles. The Morgan fingerprint density at radius 2 is 2.17 bits per heavy atom. The molecule has 0 amide bonds. The molecule has 0 bridgehead atoms. The second kappa shape index (κ2) is 5.00. The van der Waals surface area contributed by atoms with Crippen LogP contribution < -0.4 is 5.43 Å². The molecule has 0 aromatic carbocycles. The minimum absolute atomic E-state index is 0.114. The lowest BCUT2D eigenvalue weighted by molar-refractivity contribution is -0.402. The number of furan rings is 1. The van der Waals surface area contributed by atoms with Crippen LogP contribution in [0.5, 0.6) is 0 Å². The molecule has 0 unspecified atom stereocenters. The van der Waals surface area contributed by atoms with Crippen molar-refractivity contribution < 1.29 is 14.4 Å². The van der Waals surface area contributed by atoms with Crippen molar-refractivity contribution in [3.63, 3.8) is 0 Å². The number of hydrogen-bond donors (Lipinski definition) is 2. The molecule has 0 spiro atoms. The predicted molar refractivity (Wildman–Crippen MR) is 64.0 cm³/mol. The molecule has 1 heterocycles. The summed E-state index contributed by atoms with van der Waals surface area (Å²) in [7, 11) is 0. The van der Waals surface area contributed by atoms with Crippen molar-refractivity contribution in [3.05, 3.63) is 63.8 Å². The highest BCUT2D eigenvalue weighted by atomic mass is 16.6. The second-order valence-corrected chi connectivity index (χ2v) is 3.33. The van der Waals surface area contributed by atoms with Crippen LogP contribution in [0.25, 0.3) is 0 Å². The van der Waals surface area contributed by atoms with E-state index in [4.69, 9.17) is 4.42 Å². The number of nitrogens with zero attached hydrogens (tertiary/aromatic N) is 2. The summed E-state index contributed by atoms with van der Waals surface area (Å²) in [4.78, 5) is 9.72. The lowest BCUT2D eigenvalue weighted by atomic mass is 10.3. The summed E-state index contributed by atoms with van der Waals surface area (Å²) in [6.45, 7) is 0. The van der Waals surface area contributed by atoms with Gasteiger partial charge in [-0.25, -0.2) is 5.43 Å². The minimum Gasteiger partial charge on any atom is -0.493 e. The summed E-state index contributed by atoms with van der Waals surface area (Å²) in [5, 5.41) is 23.6. The molecule has 2 rings (SSSR count). The smallest absolute Gasteiger partial charge is 0.433 e. The number of nitrogens with one attached hydrogen (secondary N) is 1. The van der Waals surface area contributed by atoms with E-state index in [2.05, 4.69) is 10.5 Å². The monoisotopic (exact) mass is 247 g/mol. The molecule has 1 aromatic rings. The van der Waals surface area contributed by atoms with Crippen molar-refractivity contribution in [2.24, 2.45) is 5.10 Å². The fraction of sp³-hybridized carbons (Fsp3) is 0. The van der Waals surface area contributed by atoms with Crippen LogP contribution in [-0.2, 0) is 0 Å². The van der Waals surface area contributed by atoms with E-state index in [9.17, 15) is 15.2 Å². The topological polar surface area (TPSA) is 101 Å². The summed E-state index contributed by atoms with van der Waals surface area (Å²) in [6, 6.07) is 2.63. The van der Waals surface area contributed by atoms with Crippen LogP contribution in [0.3, 0.4) is 0 Å². The molecule has 0 atom stereocenters. The first-order valence-corrected chi connectivity index (χ1v) is 4.98. The number of aliphatic hydroxyl groups is 1. The van der Waals surface area contributed by atoms with Crippen molar-refractivity contribution in [1.82, 2.24) is 5.43 Å². The molecule has 2 N–H and O–H groups in total. The van der Waals surface area contributed by atoms with Crippen LogP contribution in [0.1, 0.15) is 5.76 Å². The zero-order valence-electron chi connectivity index (χ0n) is 9.11. The van der Waals surface area contributed by atoms with Crippen LogP contribution in [0.4, 0.5) is 5.88 Å². The highest BCUT2D eigenvalue weighted by Crippen LogP contribution is 2.14. The van der Waals surface area contributed by atoms with Gasteiger partial charge in [0.1, 0.15) is 4.92 Å². The van der Waals surface area contributed by atoms with Crippen molar-refractivity contribution >= 4 is 12.1 Å². The molecule has 0 fully saturated rings. The average Bonchev–Trinajstić information content (AvgIpc) is 3.00. The van der Waals surface area contributed by atoms with Crippen molar-refractivity contribution in [2.45, 2.75) is 0 Å². The molecular weight excluding hydrogens is 238 g/mol. The van der Waals surface area contributed by atoms with Gasteiger partial charge in [-0.3, -0.25) is 10.1 Å². The Hall–Kier alpha value is -2.83. The first-order chi connectivity index (χ1) is 8.66. The normalized spacial score (nSPS) is 13.4. The number of rotatable bonds is 4. The summed E-state index contributed by atoms with van der Waals surface area (Å²) in [5.41, 5.74) is 2.98. The minimum atomic E-state index is -0.641. The summed E-state index contributed by atoms with van der Waals surface area (Å²) < 4.78 is 4.84. The van der Waals surface area contributed by atoms with E-state index < -0.39 is 4.92 Å². The molecule has 1 aliphatic carbocycles. The van der Waals surface area contributed by atoms with Crippen LogP contribution >= 0.6 is 0 Å². The zero-order chi connectivity index (χ0) is 13.0. The van der Waals surface area contributed by atoms with Crippen molar-refractivity contribution in [3.8, 4) is 0 Å². The van der Waals surface area contributed by atoms with Gasteiger partial charge in [0.05, 0.1) is 12.3 Å². The van der Waals surface area contributed by atoms with Crippen LogP contribution in [-0.4, -0.2) is 16.2 Å². The number of aliphatic hydroxyl groups excluding tert-OH is 1. The Morgan fingerprint density at radius 1 is 1.44 bits per heavy atom. The SMILES string of the molecule is O=[N+]([O-])c1ccc(/C=N/NC(O)=C2C=CC=C2)o1. The van der Waals surface area contributed by atoms with Gasteiger partial charge in [0.25, 0.3) is 0 Å². The Bertz CT molecular complexity index is 567. The third kappa shape index (κ3) is 2.64. The van der Waals surface area contributed by atoms with Crippen LogP contribution in [0, 0.1) is 10.1 Å². The number of hydrogen-bond acceptors (Lipinski definition) is 6. The maximum absolute atomic E-state index is 10.4. The third-order valence-electron chi connectivity index (χ3n) is 2.09. The molecule has 0 radical (unpaired) electrons. The van der Waals surface area contributed by atoms with Gasteiger partial charge in [-0.15, -0.1) is 0 Å². The van der Waals surface area contributed by atoms with E-state index in [1.54, 1.807) is 24.3 Å². The van der Waals surface area contributed by atoms with Gasteiger partial charge in [0.2, 0.25) is 5.88 Å². The number of allylic oxidation sites excluding steroid dienone is 5. The summed E-state index contributed by atoms with van der Waals surface area (Å²) in [5.74, 6) is -0.262. The predicted octanol–water partition coefficient (Wildman–Crippen LogP) is 2.01. The van der Waals surface area contributed by atoms with E-state index in [0.29, 0.717) is 5.57 Å². The molecule has 1 aliphatic rings. The van der Waals surface area contributed by atoms with Gasteiger partial charge in [0, 0.05) is 5.57 Å². The molecule has 92 valence electrons. The van der Waals surface area contributed by atoms with Gasteiger partial charge in [0.15, 0.2) is 5.76 Å². The lowest BCUT2D eigenvalue weighted by Gasteiger charge is -1.99. The Kier molecular flexibility index (Phi) is 3.24. The summed E-state index contributed by atoms with van der Waals surface area (Å²) in [6.07, 6.45) is 8.18. The van der Waals surface area contributed by atoms with Crippen molar-refractivity contribution in [1.29, 1.82) is 0 Å². The lowest BCUT2D eigenvalue weighted by Crippen LogP contribution is -2.06. The highest BCUT2D eigenvalue weighted by Gasteiger charge is 2.10.